The maximum Gasteiger partial charge on any atom is 0.338 e. The van der Waals surface area contributed by atoms with Gasteiger partial charge in [-0.3, -0.25) is 4.90 Å². The third-order valence-corrected chi connectivity index (χ3v) is 4.85. The SMILES string of the molecule is COc1nc(C)nc(N(C)C(=O)NS(=O)(=O)N2CCCCC2)n1. The number of amides is 2. The van der Waals surface area contributed by atoms with E-state index >= 15 is 0 Å². The van der Waals surface area contributed by atoms with Gasteiger partial charge in [0.05, 0.1) is 7.11 Å². The first-order valence-corrected chi connectivity index (χ1v) is 8.60. The number of aryl methyl sites for hydroxylation is 1. The number of methoxy groups -OCH3 is 1. The van der Waals surface area contributed by atoms with E-state index in [9.17, 15) is 13.2 Å². The van der Waals surface area contributed by atoms with Crippen LogP contribution in [0.15, 0.2) is 0 Å². The Kier molecular flexibility index (Phi) is 5.31. The third kappa shape index (κ3) is 4.26. The van der Waals surface area contributed by atoms with E-state index in [0.29, 0.717) is 18.9 Å². The molecule has 1 N–H and O–H groups in total. The molecule has 0 aliphatic carbocycles. The molecule has 1 aromatic rings. The van der Waals surface area contributed by atoms with E-state index in [4.69, 9.17) is 4.74 Å². The van der Waals surface area contributed by atoms with Crippen LogP contribution >= 0.6 is 0 Å². The fraction of sp³-hybridized carbons (Fsp3) is 0.667. The van der Waals surface area contributed by atoms with Gasteiger partial charge in [0, 0.05) is 20.1 Å². The molecule has 1 fully saturated rings. The highest BCUT2D eigenvalue weighted by molar-refractivity contribution is 7.87. The van der Waals surface area contributed by atoms with Crippen LogP contribution in [0.25, 0.3) is 0 Å². The topological polar surface area (TPSA) is 118 Å². The van der Waals surface area contributed by atoms with Crippen molar-refractivity contribution in [1.82, 2.24) is 24.0 Å². The Bertz CT molecular complexity index is 674. The molecule has 0 saturated carbocycles. The van der Waals surface area contributed by atoms with Crippen molar-refractivity contribution >= 4 is 22.2 Å². The van der Waals surface area contributed by atoms with Crippen molar-refractivity contribution in [2.45, 2.75) is 26.2 Å². The Balaban J connectivity index is 2.12. The second-order valence-corrected chi connectivity index (χ2v) is 6.77. The van der Waals surface area contributed by atoms with Crippen molar-refractivity contribution in [3.63, 3.8) is 0 Å². The predicted octanol–water partition coefficient (Wildman–Crippen LogP) is 0.0651. The van der Waals surface area contributed by atoms with Crippen LogP contribution in [0.4, 0.5) is 10.7 Å². The maximum atomic E-state index is 12.2. The molecule has 11 heteroatoms. The highest BCUT2D eigenvalue weighted by Gasteiger charge is 2.28. The van der Waals surface area contributed by atoms with Gasteiger partial charge in [-0.25, -0.2) is 9.52 Å². The lowest BCUT2D eigenvalue weighted by Crippen LogP contribution is -2.49. The molecule has 0 spiro atoms. The molecule has 23 heavy (non-hydrogen) atoms. The van der Waals surface area contributed by atoms with Gasteiger partial charge in [0.15, 0.2) is 0 Å². The standard InChI is InChI=1S/C12H20N6O4S/c1-9-13-10(15-11(14-9)22-3)17(2)12(19)16-23(20,21)18-7-5-4-6-8-18/h4-8H2,1-3H3,(H,16,19). The molecule has 0 bridgehead atoms. The predicted molar refractivity (Wildman–Crippen MR) is 82.4 cm³/mol. The monoisotopic (exact) mass is 344 g/mol. The number of nitrogens with zero attached hydrogens (tertiary/aromatic N) is 5. The van der Waals surface area contributed by atoms with Crippen molar-refractivity contribution in [1.29, 1.82) is 0 Å². The van der Waals surface area contributed by atoms with E-state index in [0.717, 1.165) is 24.2 Å². The van der Waals surface area contributed by atoms with Gasteiger partial charge in [-0.15, -0.1) is 0 Å². The molecule has 2 rings (SSSR count). The van der Waals surface area contributed by atoms with E-state index in [1.54, 1.807) is 6.92 Å². The van der Waals surface area contributed by atoms with Crippen molar-refractivity contribution in [3.05, 3.63) is 5.82 Å². The Morgan fingerprint density at radius 1 is 1.22 bits per heavy atom. The van der Waals surface area contributed by atoms with Crippen LogP contribution in [-0.4, -0.2) is 61.0 Å². The largest absolute Gasteiger partial charge is 0.467 e. The Labute approximate surface area is 135 Å². The van der Waals surface area contributed by atoms with E-state index in [-0.39, 0.29) is 12.0 Å². The summed E-state index contributed by atoms with van der Waals surface area (Å²) in [6, 6.07) is -0.797. The van der Waals surface area contributed by atoms with Gasteiger partial charge in [0.1, 0.15) is 5.82 Å². The van der Waals surface area contributed by atoms with E-state index in [2.05, 4.69) is 15.0 Å². The van der Waals surface area contributed by atoms with Crippen molar-refractivity contribution in [2.75, 3.05) is 32.1 Å². The van der Waals surface area contributed by atoms with Crippen LogP contribution < -0.4 is 14.4 Å². The van der Waals surface area contributed by atoms with Crippen molar-refractivity contribution < 1.29 is 17.9 Å². The van der Waals surface area contributed by atoms with Gasteiger partial charge in [0.2, 0.25) is 5.95 Å². The van der Waals surface area contributed by atoms with Crippen LogP contribution in [0.5, 0.6) is 6.01 Å². The minimum absolute atomic E-state index is 0.000643. The van der Waals surface area contributed by atoms with Crippen LogP contribution in [-0.2, 0) is 10.2 Å². The van der Waals surface area contributed by atoms with Gasteiger partial charge in [0.25, 0.3) is 0 Å². The molecular formula is C12H20N6O4S. The summed E-state index contributed by atoms with van der Waals surface area (Å²) in [5, 5.41) is 0. The normalized spacial score (nSPS) is 16.0. The lowest BCUT2D eigenvalue weighted by atomic mass is 10.2. The number of carbonyl (C=O) groups is 1. The molecule has 1 aliphatic rings. The summed E-state index contributed by atoms with van der Waals surface area (Å²) in [6.45, 7) is 2.43. The van der Waals surface area contributed by atoms with Crippen LogP contribution in [0.1, 0.15) is 25.1 Å². The number of carbonyl (C=O) groups excluding carboxylic acids is 1. The summed E-state index contributed by atoms with van der Waals surface area (Å²) in [7, 11) is -1.11. The number of nitrogens with one attached hydrogen (secondary N) is 1. The first-order chi connectivity index (χ1) is 10.8. The van der Waals surface area contributed by atoms with Crippen molar-refractivity contribution in [3.8, 4) is 6.01 Å². The molecule has 1 aliphatic heterocycles. The summed E-state index contributed by atoms with van der Waals surface area (Å²) in [6.07, 6.45) is 2.56. The van der Waals surface area contributed by atoms with E-state index < -0.39 is 16.2 Å². The number of piperidine rings is 1. The first-order valence-electron chi connectivity index (χ1n) is 7.16. The number of hydrogen-bond acceptors (Lipinski definition) is 7. The van der Waals surface area contributed by atoms with Gasteiger partial charge in [-0.2, -0.15) is 27.7 Å². The molecule has 2 heterocycles. The molecule has 128 valence electrons. The number of rotatable bonds is 4. The number of anilines is 1. The molecule has 0 radical (unpaired) electrons. The van der Waals surface area contributed by atoms with Crippen LogP contribution in [0.2, 0.25) is 0 Å². The molecule has 10 nitrogen and oxygen atoms in total. The van der Waals surface area contributed by atoms with Gasteiger partial charge in [-0.05, 0) is 19.8 Å². The summed E-state index contributed by atoms with van der Waals surface area (Å²) in [5.74, 6) is 0.353. The summed E-state index contributed by atoms with van der Waals surface area (Å²) in [5.41, 5.74) is 0. The lowest BCUT2D eigenvalue weighted by molar-refractivity contribution is 0.250. The minimum atomic E-state index is -3.87. The fourth-order valence-electron chi connectivity index (χ4n) is 2.12. The van der Waals surface area contributed by atoms with Gasteiger partial charge < -0.3 is 4.74 Å². The second kappa shape index (κ2) is 7.04. The zero-order valence-corrected chi connectivity index (χ0v) is 14.1. The first kappa shape index (κ1) is 17.3. The lowest BCUT2D eigenvalue weighted by Gasteiger charge is -2.26. The minimum Gasteiger partial charge on any atom is -0.467 e. The van der Waals surface area contributed by atoms with Crippen LogP contribution in [0.3, 0.4) is 0 Å². The summed E-state index contributed by atoms with van der Waals surface area (Å²) in [4.78, 5) is 25.0. The van der Waals surface area contributed by atoms with Crippen molar-refractivity contribution in [2.24, 2.45) is 0 Å². The quantitative estimate of drug-likeness (QED) is 0.821. The number of ether oxygens (including phenoxy) is 1. The Hall–Kier alpha value is -2.01. The molecular weight excluding hydrogens is 324 g/mol. The average Bonchev–Trinajstić information content (AvgIpc) is 2.53. The van der Waals surface area contributed by atoms with Gasteiger partial charge >= 0.3 is 22.3 Å². The third-order valence-electron chi connectivity index (χ3n) is 3.37. The zero-order chi connectivity index (χ0) is 17.0. The number of hydrogen-bond donors (Lipinski definition) is 1. The van der Waals surface area contributed by atoms with Crippen LogP contribution in [0, 0.1) is 6.92 Å². The van der Waals surface area contributed by atoms with E-state index in [1.165, 1.54) is 18.5 Å². The Morgan fingerprint density at radius 2 is 1.87 bits per heavy atom. The number of urea groups is 1. The molecule has 1 aromatic heterocycles. The molecule has 1 saturated heterocycles. The maximum absolute atomic E-state index is 12.2. The summed E-state index contributed by atoms with van der Waals surface area (Å²) >= 11 is 0. The molecule has 2 amide bonds. The smallest absolute Gasteiger partial charge is 0.338 e. The molecule has 0 unspecified atom stereocenters. The Morgan fingerprint density at radius 3 is 2.48 bits per heavy atom. The van der Waals surface area contributed by atoms with E-state index in [1.807, 2.05) is 4.72 Å². The fourth-order valence-corrected chi connectivity index (χ4v) is 3.35. The molecule has 0 aromatic carbocycles. The highest BCUT2D eigenvalue weighted by atomic mass is 32.2. The summed E-state index contributed by atoms with van der Waals surface area (Å²) < 4.78 is 32.6. The highest BCUT2D eigenvalue weighted by Crippen LogP contribution is 2.14. The zero-order valence-electron chi connectivity index (χ0n) is 13.3. The average molecular weight is 344 g/mol. The van der Waals surface area contributed by atoms with Gasteiger partial charge in [-0.1, -0.05) is 6.42 Å². The second-order valence-electron chi connectivity index (χ2n) is 5.10. The molecule has 0 atom stereocenters. The number of aromatic nitrogens is 3.